The molecule has 1 aliphatic heterocycles. The smallest absolute Gasteiger partial charge is 0.254 e. The molecule has 25 heavy (non-hydrogen) atoms. The monoisotopic (exact) mass is 338 g/mol. The molecule has 0 radical (unpaired) electrons. The summed E-state index contributed by atoms with van der Waals surface area (Å²) in [6.07, 6.45) is 0. The van der Waals surface area contributed by atoms with Crippen molar-refractivity contribution in [3.8, 4) is 5.75 Å². The first kappa shape index (κ1) is 17.0. The highest BCUT2D eigenvalue weighted by atomic mass is 16.5. The maximum Gasteiger partial charge on any atom is 0.254 e. The molecule has 5 heteroatoms. The summed E-state index contributed by atoms with van der Waals surface area (Å²) in [7, 11) is 1.61. The Bertz CT molecular complexity index is 786. The van der Waals surface area contributed by atoms with E-state index in [0.717, 1.165) is 17.0 Å². The molecule has 5 nitrogen and oxygen atoms in total. The fourth-order valence-electron chi connectivity index (χ4n) is 3.13. The summed E-state index contributed by atoms with van der Waals surface area (Å²) in [5, 5.41) is 0. The van der Waals surface area contributed by atoms with E-state index < -0.39 is 6.04 Å². The topological polar surface area (TPSA) is 49.9 Å². The van der Waals surface area contributed by atoms with Gasteiger partial charge in [0.1, 0.15) is 11.8 Å². The highest BCUT2D eigenvalue weighted by molar-refractivity contribution is 6.03. The minimum Gasteiger partial charge on any atom is -0.497 e. The zero-order valence-electron chi connectivity index (χ0n) is 14.7. The van der Waals surface area contributed by atoms with E-state index in [2.05, 4.69) is 0 Å². The number of benzene rings is 2. The summed E-state index contributed by atoms with van der Waals surface area (Å²) in [6.45, 7) is 4.68. The predicted molar refractivity (Wildman–Crippen MR) is 97.0 cm³/mol. The van der Waals surface area contributed by atoms with Crippen molar-refractivity contribution in [2.75, 3.05) is 25.1 Å². The number of aryl methyl sites for hydroxylation is 1. The van der Waals surface area contributed by atoms with Gasteiger partial charge in [-0.2, -0.15) is 0 Å². The molecule has 1 fully saturated rings. The van der Waals surface area contributed by atoms with Gasteiger partial charge in [-0.05, 0) is 49.7 Å². The number of nitrogens with zero attached hydrogens (tertiary/aromatic N) is 2. The molecular weight excluding hydrogens is 316 g/mol. The van der Waals surface area contributed by atoms with Crippen LogP contribution in [-0.4, -0.2) is 43.0 Å². The number of methoxy groups -OCH3 is 1. The lowest BCUT2D eigenvalue weighted by molar-refractivity contribution is -0.124. The van der Waals surface area contributed by atoms with Gasteiger partial charge in [0.2, 0.25) is 5.91 Å². The van der Waals surface area contributed by atoms with E-state index in [9.17, 15) is 9.59 Å². The number of carbonyl (C=O) groups is 2. The van der Waals surface area contributed by atoms with Crippen molar-refractivity contribution < 1.29 is 14.3 Å². The first-order valence-electron chi connectivity index (χ1n) is 8.35. The van der Waals surface area contributed by atoms with E-state index in [1.54, 1.807) is 23.8 Å². The SMILES string of the molecule is COc1ccc(N2CCN(C(=O)c3ccccc3C)[C@@H](C)C2=O)cc1. The van der Waals surface area contributed by atoms with Crippen molar-refractivity contribution >= 4 is 17.5 Å². The Morgan fingerprint density at radius 1 is 1.08 bits per heavy atom. The number of piperazine rings is 1. The third-order valence-corrected chi connectivity index (χ3v) is 4.68. The van der Waals surface area contributed by atoms with Crippen molar-refractivity contribution in [1.82, 2.24) is 4.90 Å². The molecule has 1 saturated heterocycles. The number of anilines is 1. The normalized spacial score (nSPS) is 17.6. The summed E-state index contributed by atoms with van der Waals surface area (Å²) in [4.78, 5) is 29.0. The quantitative estimate of drug-likeness (QED) is 0.865. The van der Waals surface area contributed by atoms with Gasteiger partial charge in [0.15, 0.2) is 0 Å². The van der Waals surface area contributed by atoms with Gasteiger partial charge in [0.05, 0.1) is 7.11 Å². The Morgan fingerprint density at radius 2 is 1.76 bits per heavy atom. The first-order valence-corrected chi connectivity index (χ1v) is 8.35. The number of hydrogen-bond acceptors (Lipinski definition) is 3. The molecule has 130 valence electrons. The third-order valence-electron chi connectivity index (χ3n) is 4.68. The van der Waals surface area contributed by atoms with E-state index in [0.29, 0.717) is 18.7 Å². The predicted octanol–water partition coefficient (Wildman–Crippen LogP) is 2.88. The minimum absolute atomic E-state index is 0.0710. The van der Waals surface area contributed by atoms with Crippen LogP contribution in [0.5, 0.6) is 5.75 Å². The fourth-order valence-corrected chi connectivity index (χ4v) is 3.13. The summed E-state index contributed by atoms with van der Waals surface area (Å²) in [6, 6.07) is 14.4. The largest absolute Gasteiger partial charge is 0.497 e. The molecule has 0 aromatic heterocycles. The molecule has 0 aliphatic carbocycles. The Labute approximate surface area is 147 Å². The molecule has 2 aromatic rings. The molecule has 2 amide bonds. The third kappa shape index (κ3) is 3.22. The van der Waals surface area contributed by atoms with Crippen LogP contribution < -0.4 is 9.64 Å². The molecule has 1 atom stereocenters. The van der Waals surface area contributed by atoms with Gasteiger partial charge in [0.25, 0.3) is 5.91 Å². The number of carbonyl (C=O) groups excluding carboxylic acids is 2. The summed E-state index contributed by atoms with van der Waals surface area (Å²) >= 11 is 0. The lowest BCUT2D eigenvalue weighted by atomic mass is 10.0. The van der Waals surface area contributed by atoms with Gasteiger partial charge in [0, 0.05) is 24.3 Å². The summed E-state index contributed by atoms with van der Waals surface area (Å²) in [5.41, 5.74) is 2.39. The van der Waals surface area contributed by atoms with Crippen LogP contribution in [0.25, 0.3) is 0 Å². The molecule has 0 saturated carbocycles. The van der Waals surface area contributed by atoms with Gasteiger partial charge in [-0.3, -0.25) is 9.59 Å². The van der Waals surface area contributed by atoms with Crippen LogP contribution in [0.4, 0.5) is 5.69 Å². The van der Waals surface area contributed by atoms with Crippen molar-refractivity contribution in [3.63, 3.8) is 0 Å². The summed E-state index contributed by atoms with van der Waals surface area (Å²) < 4.78 is 5.16. The first-order chi connectivity index (χ1) is 12.0. The van der Waals surface area contributed by atoms with E-state index in [1.165, 1.54) is 0 Å². The highest BCUT2D eigenvalue weighted by Gasteiger charge is 2.35. The Hall–Kier alpha value is -2.82. The van der Waals surface area contributed by atoms with Crippen LogP contribution in [0, 0.1) is 6.92 Å². The number of hydrogen-bond donors (Lipinski definition) is 0. The van der Waals surface area contributed by atoms with E-state index in [-0.39, 0.29) is 11.8 Å². The molecule has 1 aliphatic rings. The zero-order valence-corrected chi connectivity index (χ0v) is 14.7. The average Bonchev–Trinajstić information content (AvgIpc) is 2.64. The van der Waals surface area contributed by atoms with E-state index in [1.807, 2.05) is 55.5 Å². The number of ether oxygens (including phenoxy) is 1. The molecule has 1 heterocycles. The van der Waals surface area contributed by atoms with Gasteiger partial charge in [-0.25, -0.2) is 0 Å². The van der Waals surface area contributed by atoms with Crippen LogP contribution in [-0.2, 0) is 4.79 Å². The van der Waals surface area contributed by atoms with Gasteiger partial charge < -0.3 is 14.5 Å². The second-order valence-corrected chi connectivity index (χ2v) is 6.18. The fraction of sp³-hybridized carbons (Fsp3) is 0.300. The van der Waals surface area contributed by atoms with Crippen LogP contribution in [0.3, 0.4) is 0 Å². The standard InChI is InChI=1S/C20H22N2O3/c1-14-6-4-5-7-18(14)20(24)21-12-13-22(19(23)15(21)2)16-8-10-17(25-3)11-9-16/h4-11,15H,12-13H2,1-3H3/t15-/m0/s1. The van der Waals surface area contributed by atoms with Gasteiger partial charge in [-0.15, -0.1) is 0 Å². The molecule has 0 spiro atoms. The van der Waals surface area contributed by atoms with Gasteiger partial charge in [-0.1, -0.05) is 18.2 Å². The number of amides is 2. The second-order valence-electron chi connectivity index (χ2n) is 6.18. The van der Waals surface area contributed by atoms with E-state index in [4.69, 9.17) is 4.74 Å². The zero-order chi connectivity index (χ0) is 18.0. The number of rotatable bonds is 3. The van der Waals surface area contributed by atoms with Crippen molar-refractivity contribution in [1.29, 1.82) is 0 Å². The maximum absolute atomic E-state index is 12.8. The maximum atomic E-state index is 12.8. The Balaban J connectivity index is 1.79. The summed E-state index contributed by atoms with van der Waals surface area (Å²) in [5.74, 6) is 0.587. The highest BCUT2D eigenvalue weighted by Crippen LogP contribution is 2.24. The molecule has 0 bridgehead atoms. The molecule has 3 rings (SSSR count). The van der Waals surface area contributed by atoms with Crippen LogP contribution in [0.2, 0.25) is 0 Å². The van der Waals surface area contributed by atoms with Crippen molar-refractivity contribution in [2.24, 2.45) is 0 Å². The molecule has 0 unspecified atom stereocenters. The van der Waals surface area contributed by atoms with E-state index >= 15 is 0 Å². The second kappa shape index (κ2) is 6.97. The van der Waals surface area contributed by atoms with Crippen LogP contribution in [0.15, 0.2) is 48.5 Å². The molecule has 2 aromatic carbocycles. The van der Waals surface area contributed by atoms with Crippen molar-refractivity contribution in [3.05, 3.63) is 59.7 Å². The van der Waals surface area contributed by atoms with Crippen LogP contribution in [0.1, 0.15) is 22.8 Å². The lowest BCUT2D eigenvalue weighted by Crippen LogP contribution is -2.57. The van der Waals surface area contributed by atoms with Crippen LogP contribution >= 0.6 is 0 Å². The average molecular weight is 338 g/mol. The molecule has 0 N–H and O–H groups in total. The Kier molecular flexibility index (Phi) is 4.74. The van der Waals surface area contributed by atoms with Crippen molar-refractivity contribution in [2.45, 2.75) is 19.9 Å². The lowest BCUT2D eigenvalue weighted by Gasteiger charge is -2.39. The Morgan fingerprint density at radius 3 is 2.40 bits per heavy atom. The minimum atomic E-state index is -0.497. The molecular formula is C20H22N2O3. The van der Waals surface area contributed by atoms with Gasteiger partial charge >= 0.3 is 0 Å².